The molecule has 1 fully saturated rings. The Morgan fingerprint density at radius 3 is 2.68 bits per heavy atom. The molecule has 1 aliphatic heterocycles. The molecule has 1 aromatic carbocycles. The van der Waals surface area contributed by atoms with E-state index in [1.807, 2.05) is 18.2 Å². The minimum atomic E-state index is -0.0975. The molecule has 0 spiro atoms. The predicted molar refractivity (Wildman–Crippen MR) is 88.0 cm³/mol. The van der Waals surface area contributed by atoms with Gasteiger partial charge < -0.3 is 15.0 Å². The van der Waals surface area contributed by atoms with Gasteiger partial charge in [-0.2, -0.15) is 0 Å². The van der Waals surface area contributed by atoms with Crippen LogP contribution in [0.15, 0.2) is 24.3 Å². The van der Waals surface area contributed by atoms with Gasteiger partial charge in [0.15, 0.2) is 0 Å². The summed E-state index contributed by atoms with van der Waals surface area (Å²) in [7, 11) is 0. The number of nitrogens with one attached hydrogen (secondary N) is 1. The van der Waals surface area contributed by atoms with Crippen molar-refractivity contribution in [1.82, 2.24) is 10.2 Å². The van der Waals surface area contributed by atoms with E-state index in [4.69, 9.17) is 16.3 Å². The molecule has 0 saturated carbocycles. The number of nitrogens with zero attached hydrogens (tertiary/aromatic N) is 1. The lowest BCUT2D eigenvalue weighted by Gasteiger charge is -2.26. The molecule has 120 valence electrons. The monoisotopic (exact) mass is 342 g/mol. The molecule has 5 nitrogen and oxygen atoms in total. The van der Waals surface area contributed by atoms with Gasteiger partial charge in [0.2, 0.25) is 11.8 Å². The van der Waals surface area contributed by atoms with E-state index in [0.29, 0.717) is 43.6 Å². The SMILES string of the molecule is O=C(CSCC(=O)N1CCOCC1)NCc1ccccc1Cl. The molecule has 2 rings (SSSR count). The topological polar surface area (TPSA) is 58.6 Å². The lowest BCUT2D eigenvalue weighted by Crippen LogP contribution is -2.41. The fourth-order valence-corrected chi connectivity index (χ4v) is 2.97. The molecule has 0 radical (unpaired) electrons. The fourth-order valence-electron chi connectivity index (χ4n) is 2.02. The van der Waals surface area contributed by atoms with E-state index in [0.717, 1.165) is 5.56 Å². The summed E-state index contributed by atoms with van der Waals surface area (Å²) in [6.45, 7) is 2.86. The summed E-state index contributed by atoms with van der Waals surface area (Å²) >= 11 is 7.35. The van der Waals surface area contributed by atoms with Crippen LogP contribution in [0, 0.1) is 0 Å². The van der Waals surface area contributed by atoms with Crippen molar-refractivity contribution in [1.29, 1.82) is 0 Å². The minimum absolute atomic E-state index is 0.0622. The molecule has 7 heteroatoms. The summed E-state index contributed by atoms with van der Waals surface area (Å²) in [6, 6.07) is 7.39. The average Bonchev–Trinajstić information content (AvgIpc) is 2.55. The molecule has 0 aromatic heterocycles. The zero-order chi connectivity index (χ0) is 15.8. The molecule has 2 amide bonds. The normalized spacial score (nSPS) is 14.7. The molecular formula is C15H19ClN2O3S. The second kappa shape index (κ2) is 9.02. The van der Waals surface area contributed by atoms with Gasteiger partial charge in [0.05, 0.1) is 24.7 Å². The van der Waals surface area contributed by atoms with Crippen LogP contribution in [0.5, 0.6) is 0 Å². The molecule has 0 unspecified atom stereocenters. The highest BCUT2D eigenvalue weighted by Crippen LogP contribution is 2.14. The molecule has 0 atom stereocenters. The molecule has 0 bridgehead atoms. The second-order valence-corrected chi connectivity index (χ2v) is 6.25. The van der Waals surface area contributed by atoms with Gasteiger partial charge in [0, 0.05) is 24.7 Å². The number of amides is 2. The van der Waals surface area contributed by atoms with Crippen molar-refractivity contribution in [3.63, 3.8) is 0 Å². The third kappa shape index (κ3) is 5.51. The van der Waals surface area contributed by atoms with E-state index in [-0.39, 0.29) is 17.6 Å². The predicted octanol–water partition coefficient (Wildman–Crippen LogP) is 1.55. The first-order valence-electron chi connectivity index (χ1n) is 7.10. The van der Waals surface area contributed by atoms with Crippen LogP contribution in [0.4, 0.5) is 0 Å². The maximum atomic E-state index is 11.9. The number of hydrogen-bond acceptors (Lipinski definition) is 4. The van der Waals surface area contributed by atoms with E-state index in [2.05, 4.69) is 5.32 Å². The largest absolute Gasteiger partial charge is 0.378 e. The van der Waals surface area contributed by atoms with Crippen LogP contribution in [0.3, 0.4) is 0 Å². The van der Waals surface area contributed by atoms with Gasteiger partial charge in [-0.3, -0.25) is 9.59 Å². The minimum Gasteiger partial charge on any atom is -0.378 e. The Morgan fingerprint density at radius 1 is 1.23 bits per heavy atom. The van der Waals surface area contributed by atoms with Crippen LogP contribution in [0.1, 0.15) is 5.56 Å². The Balaban J connectivity index is 1.63. The van der Waals surface area contributed by atoms with Crippen molar-refractivity contribution in [2.45, 2.75) is 6.54 Å². The van der Waals surface area contributed by atoms with Gasteiger partial charge in [-0.15, -0.1) is 11.8 Å². The van der Waals surface area contributed by atoms with Gasteiger partial charge in [0.25, 0.3) is 0 Å². The van der Waals surface area contributed by atoms with Gasteiger partial charge in [0.1, 0.15) is 0 Å². The number of ether oxygens (including phenoxy) is 1. The van der Waals surface area contributed by atoms with Crippen LogP contribution < -0.4 is 5.32 Å². The average molecular weight is 343 g/mol. The van der Waals surface area contributed by atoms with Gasteiger partial charge in [-0.25, -0.2) is 0 Å². The van der Waals surface area contributed by atoms with Crippen LogP contribution in [0.2, 0.25) is 5.02 Å². The number of halogens is 1. The lowest BCUT2D eigenvalue weighted by molar-refractivity contribution is -0.132. The summed E-state index contributed by atoms with van der Waals surface area (Å²) in [5.74, 6) is 0.548. The van der Waals surface area contributed by atoms with Crippen molar-refractivity contribution in [3.8, 4) is 0 Å². The summed E-state index contributed by atoms with van der Waals surface area (Å²) in [5.41, 5.74) is 0.881. The standard InChI is InChI=1S/C15H19ClN2O3S/c16-13-4-2-1-3-12(13)9-17-14(19)10-22-11-15(20)18-5-7-21-8-6-18/h1-4H,5-11H2,(H,17,19). The smallest absolute Gasteiger partial charge is 0.232 e. The van der Waals surface area contributed by atoms with Crippen molar-refractivity contribution < 1.29 is 14.3 Å². The number of morpholine rings is 1. The van der Waals surface area contributed by atoms with Gasteiger partial charge >= 0.3 is 0 Å². The molecule has 1 aliphatic rings. The summed E-state index contributed by atoms with van der Waals surface area (Å²) in [5, 5.41) is 3.44. The Kier molecular flexibility index (Phi) is 7.02. The molecule has 1 saturated heterocycles. The summed E-state index contributed by atoms with van der Waals surface area (Å²) < 4.78 is 5.20. The number of benzene rings is 1. The molecule has 22 heavy (non-hydrogen) atoms. The van der Waals surface area contributed by atoms with Gasteiger partial charge in [-0.05, 0) is 11.6 Å². The zero-order valence-electron chi connectivity index (χ0n) is 12.2. The van der Waals surface area contributed by atoms with Crippen molar-refractivity contribution >= 4 is 35.2 Å². The highest BCUT2D eigenvalue weighted by atomic mass is 35.5. The van der Waals surface area contributed by atoms with Crippen molar-refractivity contribution in [2.75, 3.05) is 37.8 Å². The van der Waals surface area contributed by atoms with E-state index in [9.17, 15) is 9.59 Å². The Labute approximate surface area is 139 Å². The van der Waals surface area contributed by atoms with Crippen LogP contribution in [-0.2, 0) is 20.9 Å². The molecule has 1 aromatic rings. The van der Waals surface area contributed by atoms with E-state index in [1.54, 1.807) is 11.0 Å². The Bertz CT molecular complexity index is 521. The zero-order valence-corrected chi connectivity index (χ0v) is 13.8. The fraction of sp³-hybridized carbons (Fsp3) is 0.467. The first-order chi connectivity index (χ1) is 10.7. The number of carbonyl (C=O) groups excluding carboxylic acids is 2. The van der Waals surface area contributed by atoms with Crippen LogP contribution in [0.25, 0.3) is 0 Å². The number of hydrogen-bond donors (Lipinski definition) is 1. The van der Waals surface area contributed by atoms with Crippen LogP contribution in [-0.4, -0.2) is 54.5 Å². The first-order valence-corrected chi connectivity index (χ1v) is 8.63. The van der Waals surface area contributed by atoms with Crippen LogP contribution >= 0.6 is 23.4 Å². The molecule has 1 N–H and O–H groups in total. The van der Waals surface area contributed by atoms with Crippen molar-refractivity contribution in [3.05, 3.63) is 34.9 Å². The van der Waals surface area contributed by atoms with Gasteiger partial charge in [-0.1, -0.05) is 29.8 Å². The second-order valence-electron chi connectivity index (χ2n) is 4.85. The van der Waals surface area contributed by atoms with Crippen molar-refractivity contribution in [2.24, 2.45) is 0 Å². The van der Waals surface area contributed by atoms with E-state index < -0.39 is 0 Å². The molecular weight excluding hydrogens is 324 g/mol. The quantitative estimate of drug-likeness (QED) is 0.852. The molecule has 0 aliphatic carbocycles. The number of thioether (sulfide) groups is 1. The van der Waals surface area contributed by atoms with E-state index >= 15 is 0 Å². The third-order valence-electron chi connectivity index (χ3n) is 3.26. The maximum absolute atomic E-state index is 11.9. The maximum Gasteiger partial charge on any atom is 0.232 e. The lowest BCUT2D eigenvalue weighted by atomic mass is 10.2. The Hall–Kier alpha value is -1.24. The third-order valence-corrected chi connectivity index (χ3v) is 4.54. The molecule has 1 heterocycles. The summed E-state index contributed by atoms with van der Waals surface area (Å²) in [4.78, 5) is 25.4. The Morgan fingerprint density at radius 2 is 1.95 bits per heavy atom. The van der Waals surface area contributed by atoms with E-state index in [1.165, 1.54) is 11.8 Å². The number of carbonyl (C=O) groups is 2. The highest BCUT2D eigenvalue weighted by Gasteiger charge is 2.16. The number of rotatable bonds is 6. The summed E-state index contributed by atoms with van der Waals surface area (Å²) in [6.07, 6.45) is 0. The highest BCUT2D eigenvalue weighted by molar-refractivity contribution is 8.00. The first kappa shape index (κ1) is 17.1.